The second kappa shape index (κ2) is 8.84. The van der Waals surface area contributed by atoms with E-state index in [0.29, 0.717) is 28.9 Å². The van der Waals surface area contributed by atoms with E-state index in [9.17, 15) is 19.8 Å². The molecule has 0 bridgehead atoms. The van der Waals surface area contributed by atoms with Gasteiger partial charge in [-0.2, -0.15) is 5.10 Å². The molecule has 142 valence electrons. The van der Waals surface area contributed by atoms with E-state index in [1.807, 2.05) is 13.8 Å². The van der Waals surface area contributed by atoms with Crippen molar-refractivity contribution in [3.63, 3.8) is 0 Å². The van der Waals surface area contributed by atoms with Gasteiger partial charge in [0.1, 0.15) is 11.5 Å². The maximum atomic E-state index is 12.2. The highest BCUT2D eigenvalue weighted by molar-refractivity contribution is 6.03. The normalized spacial score (nSPS) is 11.3. The molecule has 27 heavy (non-hydrogen) atoms. The SMILES string of the molecule is C/C(=N/NC(=O)c1ccc(NC(=O)CC(C)C)cc1)c1cc(O)ccc1O. The van der Waals surface area contributed by atoms with E-state index in [4.69, 9.17) is 0 Å². The van der Waals surface area contributed by atoms with Crippen LogP contribution in [0.3, 0.4) is 0 Å². The number of amides is 2. The number of phenolic OH excluding ortho intramolecular Hbond substituents is 2. The summed E-state index contributed by atoms with van der Waals surface area (Å²) in [7, 11) is 0. The average Bonchev–Trinajstić information content (AvgIpc) is 2.61. The molecular weight excluding hydrogens is 346 g/mol. The summed E-state index contributed by atoms with van der Waals surface area (Å²) in [5, 5.41) is 26.0. The van der Waals surface area contributed by atoms with Gasteiger partial charge in [-0.25, -0.2) is 5.43 Å². The Morgan fingerprint density at radius 2 is 1.74 bits per heavy atom. The van der Waals surface area contributed by atoms with E-state index in [-0.39, 0.29) is 23.3 Å². The number of nitrogens with one attached hydrogen (secondary N) is 2. The lowest BCUT2D eigenvalue weighted by molar-refractivity contribution is -0.116. The Hall–Kier alpha value is -3.35. The van der Waals surface area contributed by atoms with Gasteiger partial charge >= 0.3 is 0 Å². The highest BCUT2D eigenvalue weighted by Crippen LogP contribution is 2.22. The van der Waals surface area contributed by atoms with Crippen LogP contribution in [0.25, 0.3) is 0 Å². The molecule has 0 saturated heterocycles. The third kappa shape index (κ3) is 5.85. The fraction of sp³-hybridized carbons (Fsp3) is 0.250. The first-order chi connectivity index (χ1) is 12.8. The number of aromatic hydroxyl groups is 2. The lowest BCUT2D eigenvalue weighted by Gasteiger charge is -2.08. The lowest BCUT2D eigenvalue weighted by atomic mass is 10.1. The van der Waals surface area contributed by atoms with Crippen LogP contribution in [0.2, 0.25) is 0 Å². The maximum Gasteiger partial charge on any atom is 0.271 e. The number of carbonyl (C=O) groups excluding carboxylic acids is 2. The molecule has 0 unspecified atom stereocenters. The fourth-order valence-electron chi connectivity index (χ4n) is 2.36. The van der Waals surface area contributed by atoms with Crippen LogP contribution in [-0.2, 0) is 4.79 Å². The Labute approximate surface area is 157 Å². The molecule has 4 N–H and O–H groups in total. The zero-order chi connectivity index (χ0) is 20.0. The molecule has 0 aliphatic heterocycles. The standard InChI is InChI=1S/C20H23N3O4/c1-12(2)10-19(26)21-15-6-4-14(5-7-15)20(27)23-22-13(3)17-11-16(24)8-9-18(17)25/h4-9,11-12,24-25H,10H2,1-3H3,(H,21,26)(H,23,27)/b22-13-. The number of rotatable bonds is 6. The summed E-state index contributed by atoms with van der Waals surface area (Å²) in [6.45, 7) is 5.53. The Balaban J connectivity index is 2.01. The van der Waals surface area contributed by atoms with Crippen LogP contribution in [0.15, 0.2) is 47.6 Å². The number of phenols is 2. The number of nitrogens with zero attached hydrogens (tertiary/aromatic N) is 1. The van der Waals surface area contributed by atoms with Crippen LogP contribution in [0.4, 0.5) is 5.69 Å². The fourth-order valence-corrected chi connectivity index (χ4v) is 2.36. The molecule has 0 atom stereocenters. The van der Waals surface area contributed by atoms with E-state index in [2.05, 4.69) is 15.8 Å². The van der Waals surface area contributed by atoms with Crippen LogP contribution < -0.4 is 10.7 Å². The topological polar surface area (TPSA) is 111 Å². The third-order valence-corrected chi connectivity index (χ3v) is 3.72. The number of hydrogen-bond donors (Lipinski definition) is 4. The Bertz CT molecular complexity index is 858. The van der Waals surface area contributed by atoms with E-state index < -0.39 is 5.91 Å². The van der Waals surface area contributed by atoms with Crippen LogP contribution in [-0.4, -0.2) is 27.7 Å². The lowest BCUT2D eigenvalue weighted by Crippen LogP contribution is -2.19. The van der Waals surface area contributed by atoms with Crippen molar-refractivity contribution in [3.8, 4) is 11.5 Å². The summed E-state index contributed by atoms with van der Waals surface area (Å²) in [4.78, 5) is 24.0. The van der Waals surface area contributed by atoms with Gasteiger partial charge in [0.15, 0.2) is 0 Å². The van der Waals surface area contributed by atoms with Gasteiger partial charge in [0.05, 0.1) is 5.71 Å². The largest absolute Gasteiger partial charge is 0.508 e. The summed E-state index contributed by atoms with van der Waals surface area (Å²) in [5.41, 5.74) is 4.04. The van der Waals surface area contributed by atoms with Crippen LogP contribution in [0.5, 0.6) is 11.5 Å². The first kappa shape index (κ1) is 20.0. The molecule has 0 aliphatic rings. The highest BCUT2D eigenvalue weighted by Gasteiger charge is 2.09. The van der Waals surface area contributed by atoms with Gasteiger partial charge in [0, 0.05) is 23.2 Å². The van der Waals surface area contributed by atoms with Crippen molar-refractivity contribution in [1.29, 1.82) is 0 Å². The van der Waals surface area contributed by atoms with E-state index >= 15 is 0 Å². The van der Waals surface area contributed by atoms with Crippen molar-refractivity contribution in [2.75, 3.05) is 5.32 Å². The molecule has 0 aromatic heterocycles. The van der Waals surface area contributed by atoms with E-state index in [0.717, 1.165) is 0 Å². The van der Waals surface area contributed by atoms with Crippen molar-refractivity contribution in [1.82, 2.24) is 5.43 Å². The summed E-state index contributed by atoms with van der Waals surface area (Å²) in [6.07, 6.45) is 0.429. The first-order valence-electron chi connectivity index (χ1n) is 8.53. The molecule has 0 saturated carbocycles. The Morgan fingerprint density at radius 3 is 2.37 bits per heavy atom. The van der Waals surface area contributed by atoms with Gasteiger partial charge in [-0.3, -0.25) is 9.59 Å². The average molecular weight is 369 g/mol. The van der Waals surface area contributed by atoms with Gasteiger partial charge in [-0.05, 0) is 55.3 Å². The van der Waals surface area contributed by atoms with E-state index in [1.54, 1.807) is 31.2 Å². The summed E-state index contributed by atoms with van der Waals surface area (Å²) in [6, 6.07) is 10.5. The number of hydrazone groups is 1. The Morgan fingerprint density at radius 1 is 1.07 bits per heavy atom. The van der Waals surface area contributed by atoms with Crippen molar-refractivity contribution < 1.29 is 19.8 Å². The number of anilines is 1. The zero-order valence-electron chi connectivity index (χ0n) is 15.5. The molecule has 0 spiro atoms. The second-order valence-corrected chi connectivity index (χ2v) is 6.56. The monoisotopic (exact) mass is 369 g/mol. The molecule has 2 aromatic carbocycles. The van der Waals surface area contributed by atoms with Gasteiger partial charge in [0.2, 0.25) is 5.91 Å². The van der Waals surface area contributed by atoms with Crippen molar-refractivity contribution in [2.24, 2.45) is 11.0 Å². The highest BCUT2D eigenvalue weighted by atomic mass is 16.3. The molecular formula is C20H23N3O4. The molecule has 2 aromatic rings. The maximum absolute atomic E-state index is 12.2. The minimum absolute atomic E-state index is 0.0150. The summed E-state index contributed by atoms with van der Waals surface area (Å²) >= 11 is 0. The molecule has 7 heteroatoms. The predicted octanol–water partition coefficient (Wildman–Crippen LogP) is 3.24. The molecule has 0 aliphatic carbocycles. The summed E-state index contributed by atoms with van der Waals surface area (Å²) < 4.78 is 0. The van der Waals surface area contributed by atoms with Crippen molar-refractivity contribution in [3.05, 3.63) is 53.6 Å². The van der Waals surface area contributed by atoms with Crippen LogP contribution >= 0.6 is 0 Å². The quantitative estimate of drug-likeness (QED) is 0.356. The van der Waals surface area contributed by atoms with Gasteiger partial charge in [-0.1, -0.05) is 13.8 Å². The number of benzene rings is 2. The van der Waals surface area contributed by atoms with Crippen molar-refractivity contribution >= 4 is 23.2 Å². The number of carbonyl (C=O) groups is 2. The van der Waals surface area contributed by atoms with Gasteiger partial charge in [-0.15, -0.1) is 0 Å². The second-order valence-electron chi connectivity index (χ2n) is 6.56. The molecule has 2 rings (SSSR count). The molecule has 0 fully saturated rings. The molecule has 7 nitrogen and oxygen atoms in total. The van der Waals surface area contributed by atoms with Crippen LogP contribution in [0.1, 0.15) is 43.1 Å². The third-order valence-electron chi connectivity index (χ3n) is 3.72. The minimum Gasteiger partial charge on any atom is -0.508 e. The van der Waals surface area contributed by atoms with Crippen LogP contribution in [0, 0.1) is 5.92 Å². The molecule has 2 amide bonds. The Kier molecular flexibility index (Phi) is 6.54. The van der Waals surface area contributed by atoms with E-state index in [1.165, 1.54) is 18.2 Å². The summed E-state index contributed by atoms with van der Waals surface area (Å²) in [5.74, 6) is -0.312. The number of hydrogen-bond acceptors (Lipinski definition) is 5. The molecule has 0 radical (unpaired) electrons. The van der Waals surface area contributed by atoms with Gasteiger partial charge < -0.3 is 15.5 Å². The molecule has 0 heterocycles. The minimum atomic E-state index is -0.436. The first-order valence-corrected chi connectivity index (χ1v) is 8.53. The predicted molar refractivity (Wildman–Crippen MR) is 104 cm³/mol. The van der Waals surface area contributed by atoms with Crippen molar-refractivity contribution in [2.45, 2.75) is 27.2 Å². The van der Waals surface area contributed by atoms with Gasteiger partial charge in [0.25, 0.3) is 5.91 Å². The smallest absolute Gasteiger partial charge is 0.271 e. The zero-order valence-corrected chi connectivity index (χ0v) is 15.5.